The van der Waals surface area contributed by atoms with Crippen LogP contribution in [0.25, 0.3) is 0 Å². The summed E-state index contributed by atoms with van der Waals surface area (Å²) in [5.41, 5.74) is -0.0366. The molecule has 1 fully saturated rings. The Kier molecular flexibility index (Phi) is 4.84. The lowest BCUT2D eigenvalue weighted by molar-refractivity contribution is 0.358. The summed E-state index contributed by atoms with van der Waals surface area (Å²) in [5.74, 6) is 2.46. The molecule has 1 unspecified atom stereocenters. The first-order valence-corrected chi connectivity index (χ1v) is 9.34. The van der Waals surface area contributed by atoms with Crippen molar-refractivity contribution in [3.8, 4) is 0 Å². The summed E-state index contributed by atoms with van der Waals surface area (Å²) in [6.45, 7) is 6.66. The topological polar surface area (TPSA) is 71.3 Å². The van der Waals surface area contributed by atoms with Gasteiger partial charge in [-0.15, -0.1) is 0 Å². The first-order chi connectivity index (χ1) is 9.26. The van der Waals surface area contributed by atoms with Crippen molar-refractivity contribution in [2.45, 2.75) is 50.4 Å². The van der Waals surface area contributed by atoms with Crippen LogP contribution in [0.2, 0.25) is 0 Å². The summed E-state index contributed by atoms with van der Waals surface area (Å²) in [4.78, 5) is 0. The minimum absolute atomic E-state index is 0.000101. The summed E-state index contributed by atoms with van der Waals surface area (Å²) in [7, 11) is -3.53. The highest BCUT2D eigenvalue weighted by molar-refractivity contribution is 7.99. The molecular weight excluding hydrogens is 296 g/mol. The van der Waals surface area contributed by atoms with E-state index in [4.69, 9.17) is 4.42 Å². The molecule has 1 aromatic rings. The van der Waals surface area contributed by atoms with Crippen molar-refractivity contribution in [1.29, 1.82) is 0 Å². The number of hydrogen-bond donors (Lipinski definition) is 2. The highest BCUT2D eigenvalue weighted by atomic mass is 32.2. The molecule has 2 N–H and O–H groups in total. The number of rotatable bonds is 5. The average Bonchev–Trinajstić information content (AvgIpc) is 2.95. The fraction of sp³-hybridized carbons (Fsp3) is 0.692. The molecular formula is C13H22N2O3S2. The van der Waals surface area contributed by atoms with E-state index in [0.29, 0.717) is 12.3 Å². The van der Waals surface area contributed by atoms with E-state index in [0.717, 1.165) is 17.9 Å². The van der Waals surface area contributed by atoms with Crippen LogP contribution in [0.15, 0.2) is 21.6 Å². The zero-order valence-electron chi connectivity index (χ0n) is 12.1. The van der Waals surface area contributed by atoms with E-state index in [2.05, 4.69) is 10.0 Å². The van der Waals surface area contributed by atoms with Gasteiger partial charge in [0, 0.05) is 17.3 Å². The van der Waals surface area contributed by atoms with Crippen LogP contribution in [-0.2, 0) is 16.6 Å². The van der Waals surface area contributed by atoms with Crippen LogP contribution >= 0.6 is 11.8 Å². The maximum absolute atomic E-state index is 12.2. The molecule has 0 aromatic carbocycles. The van der Waals surface area contributed by atoms with Crippen molar-refractivity contribution in [2.75, 3.05) is 11.5 Å². The van der Waals surface area contributed by atoms with Gasteiger partial charge in [-0.25, -0.2) is 13.1 Å². The molecule has 2 rings (SSSR count). The summed E-state index contributed by atoms with van der Waals surface area (Å²) < 4.78 is 32.5. The second kappa shape index (κ2) is 6.09. The summed E-state index contributed by atoms with van der Waals surface area (Å²) in [6, 6.07) is 3.24. The first-order valence-electron chi connectivity index (χ1n) is 6.70. The van der Waals surface area contributed by atoms with E-state index in [1.807, 2.05) is 20.8 Å². The normalized spacial score (nSPS) is 20.4. The van der Waals surface area contributed by atoms with Crippen LogP contribution < -0.4 is 10.0 Å². The van der Waals surface area contributed by atoms with Gasteiger partial charge in [-0.05, 0) is 45.1 Å². The van der Waals surface area contributed by atoms with Crippen LogP contribution in [0.3, 0.4) is 0 Å². The Morgan fingerprint density at radius 2 is 2.15 bits per heavy atom. The van der Waals surface area contributed by atoms with Gasteiger partial charge < -0.3 is 9.73 Å². The minimum atomic E-state index is -3.53. The molecule has 7 heteroatoms. The van der Waals surface area contributed by atoms with E-state index >= 15 is 0 Å². The number of sulfonamides is 1. The fourth-order valence-corrected chi connectivity index (χ4v) is 4.33. The number of nitrogens with one attached hydrogen (secondary N) is 2. The summed E-state index contributed by atoms with van der Waals surface area (Å²) in [5, 5.41) is 3.26. The van der Waals surface area contributed by atoms with E-state index in [-0.39, 0.29) is 16.7 Å². The second-order valence-corrected chi connectivity index (χ2v) is 8.80. The van der Waals surface area contributed by atoms with Crippen molar-refractivity contribution in [3.63, 3.8) is 0 Å². The quantitative estimate of drug-likeness (QED) is 0.868. The maximum Gasteiger partial charge on any atom is 0.274 e. The van der Waals surface area contributed by atoms with Gasteiger partial charge in [0.25, 0.3) is 10.0 Å². The lowest BCUT2D eigenvalue weighted by atomic mass is 10.1. The molecule has 1 aromatic heterocycles. The maximum atomic E-state index is 12.2. The third-order valence-electron chi connectivity index (χ3n) is 2.95. The summed E-state index contributed by atoms with van der Waals surface area (Å²) >= 11 is 1.77. The Balaban J connectivity index is 1.99. The van der Waals surface area contributed by atoms with Crippen LogP contribution in [0, 0.1) is 0 Å². The van der Waals surface area contributed by atoms with Crippen molar-refractivity contribution in [3.05, 3.63) is 17.9 Å². The predicted octanol–water partition coefficient (Wildman–Crippen LogP) is 1.95. The molecule has 1 aliphatic heterocycles. The molecule has 2 heterocycles. The van der Waals surface area contributed by atoms with Gasteiger partial charge in [-0.2, -0.15) is 11.8 Å². The van der Waals surface area contributed by atoms with Crippen LogP contribution in [0.4, 0.5) is 0 Å². The van der Waals surface area contributed by atoms with E-state index in [1.165, 1.54) is 6.07 Å². The van der Waals surface area contributed by atoms with Gasteiger partial charge in [0.2, 0.25) is 5.09 Å². The lowest BCUT2D eigenvalue weighted by Crippen LogP contribution is -2.35. The fourth-order valence-electron chi connectivity index (χ4n) is 1.85. The van der Waals surface area contributed by atoms with Crippen molar-refractivity contribution in [1.82, 2.24) is 10.0 Å². The van der Waals surface area contributed by atoms with Crippen molar-refractivity contribution in [2.24, 2.45) is 0 Å². The Morgan fingerprint density at radius 3 is 2.75 bits per heavy atom. The molecule has 20 heavy (non-hydrogen) atoms. The Morgan fingerprint density at radius 1 is 1.40 bits per heavy atom. The highest BCUT2D eigenvalue weighted by Crippen LogP contribution is 2.20. The van der Waals surface area contributed by atoms with Crippen LogP contribution in [-0.4, -0.2) is 31.5 Å². The number of hydrogen-bond acceptors (Lipinski definition) is 5. The molecule has 0 radical (unpaired) electrons. The monoisotopic (exact) mass is 318 g/mol. The van der Waals surface area contributed by atoms with Gasteiger partial charge >= 0.3 is 0 Å². The largest absolute Gasteiger partial charge is 0.447 e. The zero-order chi connectivity index (χ0) is 14.8. The molecule has 114 valence electrons. The van der Waals surface area contributed by atoms with Gasteiger partial charge in [-0.1, -0.05) is 0 Å². The predicted molar refractivity (Wildman–Crippen MR) is 81.4 cm³/mol. The zero-order valence-corrected chi connectivity index (χ0v) is 13.7. The lowest BCUT2D eigenvalue weighted by Gasteiger charge is -2.19. The molecule has 0 bridgehead atoms. The molecule has 5 nitrogen and oxygen atoms in total. The second-order valence-electron chi connectivity index (χ2n) is 6.01. The standard InChI is InChI=1S/C13H22N2O3S2/c1-13(2,3)14-8-11-4-5-12(18-11)20(16,17)15-10-6-7-19-9-10/h4-5,10,14-15H,6-9H2,1-3H3. The Bertz CT molecular complexity index is 540. The van der Waals surface area contributed by atoms with E-state index in [9.17, 15) is 8.42 Å². The molecule has 1 aliphatic rings. The molecule has 0 amide bonds. The molecule has 0 saturated carbocycles. The number of furan rings is 1. The van der Waals surface area contributed by atoms with Gasteiger partial charge in [-0.3, -0.25) is 0 Å². The van der Waals surface area contributed by atoms with E-state index in [1.54, 1.807) is 17.8 Å². The minimum Gasteiger partial charge on any atom is -0.447 e. The highest BCUT2D eigenvalue weighted by Gasteiger charge is 2.25. The number of thioether (sulfide) groups is 1. The average molecular weight is 318 g/mol. The van der Waals surface area contributed by atoms with Crippen molar-refractivity contribution < 1.29 is 12.8 Å². The van der Waals surface area contributed by atoms with Crippen molar-refractivity contribution >= 4 is 21.8 Å². The molecule has 1 atom stereocenters. The Hall–Kier alpha value is -0.500. The molecule has 0 spiro atoms. The third kappa shape index (κ3) is 4.51. The van der Waals surface area contributed by atoms with Gasteiger partial charge in [0.1, 0.15) is 5.76 Å². The molecule has 1 saturated heterocycles. The SMILES string of the molecule is CC(C)(C)NCc1ccc(S(=O)(=O)NC2CCSC2)o1. The van der Waals surface area contributed by atoms with Gasteiger partial charge in [0.15, 0.2) is 0 Å². The Labute approximate surface area is 124 Å². The smallest absolute Gasteiger partial charge is 0.274 e. The third-order valence-corrected chi connectivity index (χ3v) is 5.50. The van der Waals surface area contributed by atoms with Gasteiger partial charge in [0.05, 0.1) is 6.54 Å². The van der Waals surface area contributed by atoms with Crippen LogP contribution in [0.1, 0.15) is 33.0 Å². The summed E-state index contributed by atoms with van der Waals surface area (Å²) in [6.07, 6.45) is 0.878. The molecule has 0 aliphatic carbocycles. The van der Waals surface area contributed by atoms with E-state index < -0.39 is 10.0 Å². The first kappa shape index (κ1) is 15.9. The van der Waals surface area contributed by atoms with Crippen LogP contribution in [0.5, 0.6) is 0 Å².